The van der Waals surface area contributed by atoms with Crippen molar-refractivity contribution in [2.75, 3.05) is 7.11 Å². The zero-order chi connectivity index (χ0) is 9.64. The number of ether oxygens (including phenoxy) is 1. The number of fused-ring (bicyclic) bond motifs is 1. The van der Waals surface area contributed by atoms with E-state index in [4.69, 9.17) is 5.11 Å². The second-order valence-corrected chi connectivity index (χ2v) is 3.97. The molecule has 0 aromatic heterocycles. The highest BCUT2D eigenvalue weighted by Crippen LogP contribution is 2.63. The van der Waals surface area contributed by atoms with Crippen molar-refractivity contribution in [1.82, 2.24) is 0 Å². The Labute approximate surface area is 75.9 Å². The zero-order valence-corrected chi connectivity index (χ0v) is 7.45. The molecule has 4 heteroatoms. The van der Waals surface area contributed by atoms with Crippen LogP contribution in [0.3, 0.4) is 0 Å². The molecule has 3 aliphatic rings. The van der Waals surface area contributed by atoms with E-state index in [2.05, 4.69) is 4.74 Å². The molecule has 3 aliphatic carbocycles. The summed E-state index contributed by atoms with van der Waals surface area (Å²) in [5.74, 6) is -1.31. The first-order valence-electron chi connectivity index (χ1n) is 4.43. The third kappa shape index (κ3) is 0.857. The van der Waals surface area contributed by atoms with E-state index in [0.717, 1.165) is 6.42 Å². The number of carboxylic acid groups (broad SMARTS) is 1. The Hall–Kier alpha value is -1.06. The van der Waals surface area contributed by atoms with E-state index in [-0.39, 0.29) is 17.8 Å². The number of esters is 1. The van der Waals surface area contributed by atoms with Gasteiger partial charge in [-0.25, -0.2) is 0 Å². The van der Waals surface area contributed by atoms with Gasteiger partial charge in [0.25, 0.3) is 0 Å². The van der Waals surface area contributed by atoms with E-state index in [1.165, 1.54) is 7.11 Å². The van der Waals surface area contributed by atoms with Gasteiger partial charge in [0, 0.05) is 0 Å². The first-order chi connectivity index (χ1) is 6.12. The number of aliphatic carboxylic acids is 1. The van der Waals surface area contributed by atoms with E-state index in [0.29, 0.717) is 12.8 Å². The Morgan fingerprint density at radius 2 is 2.23 bits per heavy atom. The molecule has 0 aromatic rings. The molecule has 3 rings (SSSR count). The molecule has 72 valence electrons. The molecule has 0 amide bonds. The summed E-state index contributed by atoms with van der Waals surface area (Å²) < 4.78 is 4.61. The number of rotatable bonds is 2. The van der Waals surface area contributed by atoms with Crippen molar-refractivity contribution in [2.24, 2.45) is 17.3 Å². The minimum absolute atomic E-state index is 0.253. The van der Waals surface area contributed by atoms with E-state index < -0.39 is 11.4 Å². The fraction of sp³-hybridized carbons (Fsp3) is 0.778. The second-order valence-electron chi connectivity index (χ2n) is 3.97. The van der Waals surface area contributed by atoms with Gasteiger partial charge in [0.15, 0.2) is 0 Å². The van der Waals surface area contributed by atoms with Gasteiger partial charge in [-0.15, -0.1) is 0 Å². The van der Waals surface area contributed by atoms with Crippen molar-refractivity contribution < 1.29 is 19.4 Å². The van der Waals surface area contributed by atoms with Crippen LogP contribution in [0.5, 0.6) is 0 Å². The van der Waals surface area contributed by atoms with Crippen molar-refractivity contribution in [1.29, 1.82) is 0 Å². The van der Waals surface area contributed by atoms with Crippen LogP contribution >= 0.6 is 0 Å². The zero-order valence-electron chi connectivity index (χ0n) is 7.45. The van der Waals surface area contributed by atoms with E-state index in [1.807, 2.05) is 0 Å². The minimum Gasteiger partial charge on any atom is -0.481 e. The molecule has 0 unspecified atom stereocenters. The first kappa shape index (κ1) is 8.53. The number of hydrogen-bond acceptors (Lipinski definition) is 3. The van der Waals surface area contributed by atoms with Crippen LogP contribution in [-0.4, -0.2) is 24.2 Å². The highest BCUT2D eigenvalue weighted by atomic mass is 16.5. The van der Waals surface area contributed by atoms with Crippen molar-refractivity contribution in [3.05, 3.63) is 0 Å². The number of carboxylic acids is 1. The van der Waals surface area contributed by atoms with Crippen LogP contribution in [0.15, 0.2) is 0 Å². The highest BCUT2D eigenvalue weighted by Gasteiger charge is 2.67. The number of methoxy groups -OCH3 is 1. The summed E-state index contributed by atoms with van der Waals surface area (Å²) in [6.45, 7) is 0. The average molecular weight is 184 g/mol. The lowest BCUT2D eigenvalue weighted by Crippen LogP contribution is -2.50. The Morgan fingerprint density at radius 3 is 2.69 bits per heavy atom. The minimum atomic E-state index is -0.836. The summed E-state index contributed by atoms with van der Waals surface area (Å²) in [5, 5.41) is 9.02. The second kappa shape index (κ2) is 2.47. The lowest BCUT2D eigenvalue weighted by atomic mass is 9.60. The van der Waals surface area contributed by atoms with E-state index in [1.54, 1.807) is 0 Å². The maximum absolute atomic E-state index is 11.3. The molecule has 2 bridgehead atoms. The molecule has 0 radical (unpaired) electrons. The molecule has 13 heavy (non-hydrogen) atoms. The lowest BCUT2D eigenvalue weighted by molar-refractivity contribution is -0.174. The Balaban J connectivity index is 2.23. The quantitative estimate of drug-likeness (QED) is 0.640. The Morgan fingerprint density at radius 1 is 1.54 bits per heavy atom. The van der Waals surface area contributed by atoms with Crippen LogP contribution in [0, 0.1) is 17.3 Å². The lowest BCUT2D eigenvalue weighted by Gasteiger charge is -2.41. The topological polar surface area (TPSA) is 63.6 Å². The summed E-state index contributed by atoms with van der Waals surface area (Å²) >= 11 is 0. The SMILES string of the molecule is COC(=O)[C@@H]1[C@@H]2CC[C@@]1(C(=O)O)C2. The number of carbonyl (C=O) groups excluding carboxylic acids is 1. The van der Waals surface area contributed by atoms with Crippen molar-refractivity contribution in [3.8, 4) is 0 Å². The smallest absolute Gasteiger partial charge is 0.310 e. The molecule has 0 saturated heterocycles. The van der Waals surface area contributed by atoms with Gasteiger partial charge in [-0.05, 0) is 25.2 Å². The van der Waals surface area contributed by atoms with Gasteiger partial charge in [-0.3, -0.25) is 9.59 Å². The standard InChI is InChI=1S/C9H12O4/c1-13-7(10)6-5-2-3-9(6,4-5)8(11)12/h5-6H,2-4H2,1H3,(H,11,12)/t5-,6+,9-/m1/s1. The predicted molar refractivity (Wildman–Crippen MR) is 42.9 cm³/mol. The third-order valence-electron chi connectivity index (χ3n) is 3.54. The molecule has 3 fully saturated rings. The molecule has 4 nitrogen and oxygen atoms in total. The average Bonchev–Trinajstić information content (AvgIpc) is 2.60. The van der Waals surface area contributed by atoms with Crippen LogP contribution in [0.4, 0.5) is 0 Å². The van der Waals surface area contributed by atoms with E-state index in [9.17, 15) is 9.59 Å². The summed E-state index contributed by atoms with van der Waals surface area (Å²) in [4.78, 5) is 22.3. The molecule has 0 aromatic carbocycles. The maximum atomic E-state index is 11.3. The summed E-state index contributed by atoms with van der Waals surface area (Å²) in [5.41, 5.74) is -0.780. The Bertz CT molecular complexity index is 269. The predicted octanol–water partition coefficient (Wildman–Crippen LogP) is 0.660. The molecular formula is C9H12O4. The molecule has 0 heterocycles. The monoisotopic (exact) mass is 184 g/mol. The van der Waals surface area contributed by atoms with Gasteiger partial charge in [0.2, 0.25) is 0 Å². The fourth-order valence-electron chi connectivity index (χ4n) is 2.84. The van der Waals surface area contributed by atoms with Crippen LogP contribution in [0.1, 0.15) is 19.3 Å². The fourth-order valence-corrected chi connectivity index (χ4v) is 2.84. The van der Waals surface area contributed by atoms with Crippen molar-refractivity contribution in [3.63, 3.8) is 0 Å². The van der Waals surface area contributed by atoms with Gasteiger partial charge < -0.3 is 9.84 Å². The number of carbonyl (C=O) groups is 2. The number of hydrogen-bond donors (Lipinski definition) is 1. The highest BCUT2D eigenvalue weighted by molar-refractivity contribution is 5.87. The first-order valence-corrected chi connectivity index (χ1v) is 4.43. The van der Waals surface area contributed by atoms with E-state index >= 15 is 0 Å². The molecule has 3 saturated carbocycles. The van der Waals surface area contributed by atoms with Crippen LogP contribution in [0.25, 0.3) is 0 Å². The largest absolute Gasteiger partial charge is 0.481 e. The summed E-state index contributed by atoms with van der Waals surface area (Å²) in [6.07, 6.45) is 2.14. The maximum Gasteiger partial charge on any atom is 0.310 e. The van der Waals surface area contributed by atoms with Gasteiger partial charge in [0.1, 0.15) is 0 Å². The van der Waals surface area contributed by atoms with Gasteiger partial charge in [0.05, 0.1) is 18.4 Å². The molecule has 0 spiro atoms. The Kier molecular flexibility index (Phi) is 1.62. The normalized spacial score (nSPS) is 41.0. The van der Waals surface area contributed by atoms with Crippen LogP contribution < -0.4 is 0 Å². The third-order valence-corrected chi connectivity index (χ3v) is 3.54. The summed E-state index contributed by atoms with van der Waals surface area (Å²) in [7, 11) is 1.32. The van der Waals surface area contributed by atoms with Gasteiger partial charge in [-0.1, -0.05) is 0 Å². The van der Waals surface area contributed by atoms with Crippen LogP contribution in [-0.2, 0) is 14.3 Å². The van der Waals surface area contributed by atoms with Crippen LogP contribution in [0.2, 0.25) is 0 Å². The van der Waals surface area contributed by atoms with Crippen molar-refractivity contribution >= 4 is 11.9 Å². The summed E-state index contributed by atoms with van der Waals surface area (Å²) in [6, 6.07) is 0. The van der Waals surface area contributed by atoms with Gasteiger partial charge >= 0.3 is 11.9 Å². The molecular weight excluding hydrogens is 172 g/mol. The molecule has 3 atom stereocenters. The molecule has 1 N–H and O–H groups in total. The molecule has 0 aliphatic heterocycles. The van der Waals surface area contributed by atoms with Crippen molar-refractivity contribution in [2.45, 2.75) is 19.3 Å². The van der Waals surface area contributed by atoms with Gasteiger partial charge in [-0.2, -0.15) is 0 Å².